The van der Waals surface area contributed by atoms with E-state index in [0.717, 1.165) is 12.1 Å². The van der Waals surface area contributed by atoms with Crippen molar-refractivity contribution in [2.75, 3.05) is 5.32 Å². The lowest BCUT2D eigenvalue weighted by atomic mass is 9.69. The molecular formula is C18H25FN2. The molecule has 2 nitrogen and oxygen atoms in total. The van der Waals surface area contributed by atoms with Crippen LogP contribution < -0.4 is 5.32 Å². The Labute approximate surface area is 127 Å². The predicted molar refractivity (Wildman–Crippen MR) is 84.7 cm³/mol. The average molecular weight is 288 g/mol. The Balaban J connectivity index is 2.28. The summed E-state index contributed by atoms with van der Waals surface area (Å²) in [5, 5.41) is 12.6. The summed E-state index contributed by atoms with van der Waals surface area (Å²) in [7, 11) is 0. The van der Waals surface area contributed by atoms with Crippen LogP contribution in [0.1, 0.15) is 57.6 Å². The highest BCUT2D eigenvalue weighted by Gasteiger charge is 2.34. The van der Waals surface area contributed by atoms with E-state index in [-0.39, 0.29) is 11.2 Å². The standard InChI is InChI=1S/C18H25FN2/c1-12-15(19)9-13(11-20)10-17(12)21-16-8-6-5-7-14(16)18(2,3)4/h9-10,14,16,21H,5-8H2,1-4H3. The normalized spacial score (nSPS) is 22.7. The minimum atomic E-state index is -0.306. The Kier molecular flexibility index (Phi) is 4.56. The first-order valence-corrected chi connectivity index (χ1v) is 7.79. The summed E-state index contributed by atoms with van der Waals surface area (Å²) in [6.45, 7) is 8.60. The number of nitrogens with one attached hydrogen (secondary N) is 1. The van der Waals surface area contributed by atoms with E-state index >= 15 is 0 Å². The number of hydrogen-bond acceptors (Lipinski definition) is 2. The molecular weight excluding hydrogens is 263 g/mol. The maximum atomic E-state index is 13.9. The van der Waals surface area contributed by atoms with Crippen molar-refractivity contribution < 1.29 is 4.39 Å². The van der Waals surface area contributed by atoms with E-state index in [9.17, 15) is 4.39 Å². The predicted octanol–water partition coefficient (Wildman–Crippen LogP) is 5.02. The van der Waals surface area contributed by atoms with E-state index in [1.165, 1.54) is 25.3 Å². The van der Waals surface area contributed by atoms with Crippen molar-refractivity contribution in [2.24, 2.45) is 11.3 Å². The van der Waals surface area contributed by atoms with Gasteiger partial charge in [0.2, 0.25) is 0 Å². The van der Waals surface area contributed by atoms with Gasteiger partial charge in [0.1, 0.15) is 5.82 Å². The monoisotopic (exact) mass is 288 g/mol. The van der Waals surface area contributed by atoms with Crippen molar-refractivity contribution in [3.05, 3.63) is 29.1 Å². The minimum Gasteiger partial charge on any atom is -0.382 e. The van der Waals surface area contributed by atoms with E-state index < -0.39 is 0 Å². The minimum absolute atomic E-state index is 0.234. The lowest BCUT2D eigenvalue weighted by Crippen LogP contribution is -2.40. The Bertz CT molecular complexity index is 552. The number of nitrogens with zero attached hydrogens (tertiary/aromatic N) is 1. The van der Waals surface area contributed by atoms with Crippen molar-refractivity contribution in [3.63, 3.8) is 0 Å². The van der Waals surface area contributed by atoms with Crippen LogP contribution >= 0.6 is 0 Å². The topological polar surface area (TPSA) is 35.8 Å². The summed E-state index contributed by atoms with van der Waals surface area (Å²) in [6, 6.07) is 5.47. The number of halogens is 1. The van der Waals surface area contributed by atoms with Crippen LogP contribution in [0, 0.1) is 35.4 Å². The third-order valence-electron chi connectivity index (χ3n) is 4.69. The molecule has 1 aliphatic carbocycles. The number of hydrogen-bond donors (Lipinski definition) is 1. The van der Waals surface area contributed by atoms with Gasteiger partial charge in [0, 0.05) is 17.3 Å². The fourth-order valence-electron chi connectivity index (χ4n) is 3.43. The molecule has 2 atom stereocenters. The fraction of sp³-hybridized carbons (Fsp3) is 0.611. The molecule has 0 spiro atoms. The summed E-state index contributed by atoms with van der Waals surface area (Å²) < 4.78 is 13.9. The van der Waals surface area contributed by atoms with Crippen LogP contribution in [-0.4, -0.2) is 6.04 Å². The van der Waals surface area contributed by atoms with E-state index in [1.54, 1.807) is 13.0 Å². The molecule has 1 saturated carbocycles. The Hall–Kier alpha value is -1.56. The second kappa shape index (κ2) is 6.05. The highest BCUT2D eigenvalue weighted by Crippen LogP contribution is 2.39. The first-order valence-electron chi connectivity index (χ1n) is 7.79. The molecule has 0 radical (unpaired) electrons. The van der Waals surface area contributed by atoms with Gasteiger partial charge >= 0.3 is 0 Å². The average Bonchev–Trinajstić information content (AvgIpc) is 2.43. The first kappa shape index (κ1) is 15.8. The quantitative estimate of drug-likeness (QED) is 0.829. The number of nitriles is 1. The smallest absolute Gasteiger partial charge is 0.129 e. The largest absolute Gasteiger partial charge is 0.382 e. The molecule has 21 heavy (non-hydrogen) atoms. The fourth-order valence-corrected chi connectivity index (χ4v) is 3.43. The Morgan fingerprint density at radius 2 is 1.90 bits per heavy atom. The van der Waals surface area contributed by atoms with Crippen LogP contribution in [-0.2, 0) is 0 Å². The van der Waals surface area contributed by atoms with Crippen molar-refractivity contribution in [1.29, 1.82) is 5.26 Å². The molecule has 1 aliphatic rings. The zero-order valence-electron chi connectivity index (χ0n) is 13.5. The summed E-state index contributed by atoms with van der Waals surface area (Å²) in [4.78, 5) is 0. The maximum Gasteiger partial charge on any atom is 0.129 e. The highest BCUT2D eigenvalue weighted by atomic mass is 19.1. The van der Waals surface area contributed by atoms with Crippen LogP contribution in [0.4, 0.5) is 10.1 Å². The molecule has 0 aromatic heterocycles. The van der Waals surface area contributed by atoms with Crippen molar-refractivity contribution in [3.8, 4) is 6.07 Å². The summed E-state index contributed by atoms with van der Waals surface area (Å²) in [5.74, 6) is 0.263. The molecule has 1 aromatic rings. The second-order valence-corrected chi connectivity index (χ2v) is 7.25. The maximum absolute atomic E-state index is 13.9. The van der Waals surface area contributed by atoms with E-state index in [1.807, 2.05) is 6.07 Å². The van der Waals surface area contributed by atoms with Gasteiger partial charge in [-0.25, -0.2) is 4.39 Å². The van der Waals surface area contributed by atoms with E-state index in [0.29, 0.717) is 23.1 Å². The Morgan fingerprint density at radius 3 is 2.52 bits per heavy atom. The first-order chi connectivity index (χ1) is 9.82. The van der Waals surface area contributed by atoms with Crippen LogP contribution in [0.5, 0.6) is 0 Å². The number of rotatable bonds is 2. The van der Waals surface area contributed by atoms with Gasteiger partial charge in [-0.2, -0.15) is 5.26 Å². The van der Waals surface area contributed by atoms with Crippen LogP contribution in [0.25, 0.3) is 0 Å². The molecule has 1 aromatic carbocycles. The van der Waals surface area contributed by atoms with Crippen LogP contribution in [0.2, 0.25) is 0 Å². The molecule has 0 saturated heterocycles. The molecule has 1 N–H and O–H groups in total. The third-order valence-corrected chi connectivity index (χ3v) is 4.69. The van der Waals surface area contributed by atoms with Crippen LogP contribution in [0.3, 0.4) is 0 Å². The van der Waals surface area contributed by atoms with E-state index in [2.05, 4.69) is 26.1 Å². The van der Waals surface area contributed by atoms with Gasteiger partial charge in [0.15, 0.2) is 0 Å². The van der Waals surface area contributed by atoms with Gasteiger partial charge in [-0.1, -0.05) is 33.6 Å². The van der Waals surface area contributed by atoms with Crippen molar-refractivity contribution >= 4 is 5.69 Å². The molecule has 0 bridgehead atoms. The lowest BCUT2D eigenvalue weighted by molar-refractivity contribution is 0.163. The molecule has 0 amide bonds. The number of benzene rings is 1. The SMILES string of the molecule is Cc1c(F)cc(C#N)cc1NC1CCCCC1C(C)(C)C. The summed E-state index contributed by atoms with van der Waals surface area (Å²) in [5.41, 5.74) is 1.99. The zero-order chi connectivity index (χ0) is 15.6. The molecule has 2 rings (SSSR count). The molecule has 0 heterocycles. The van der Waals surface area contributed by atoms with Gasteiger partial charge in [-0.3, -0.25) is 0 Å². The van der Waals surface area contributed by atoms with Gasteiger partial charge in [0.25, 0.3) is 0 Å². The molecule has 2 unspecified atom stereocenters. The molecule has 1 fully saturated rings. The second-order valence-electron chi connectivity index (χ2n) is 7.25. The number of anilines is 1. The summed E-state index contributed by atoms with van der Waals surface area (Å²) in [6.07, 6.45) is 4.80. The molecule has 114 valence electrons. The van der Waals surface area contributed by atoms with Crippen molar-refractivity contribution in [1.82, 2.24) is 0 Å². The highest BCUT2D eigenvalue weighted by molar-refractivity contribution is 5.56. The van der Waals surface area contributed by atoms with Gasteiger partial charge < -0.3 is 5.32 Å². The molecule has 0 aliphatic heterocycles. The summed E-state index contributed by atoms with van der Waals surface area (Å²) >= 11 is 0. The van der Waals surface area contributed by atoms with Gasteiger partial charge in [-0.15, -0.1) is 0 Å². The van der Waals surface area contributed by atoms with E-state index in [4.69, 9.17) is 5.26 Å². The van der Waals surface area contributed by atoms with Gasteiger partial charge in [-0.05, 0) is 43.2 Å². The lowest BCUT2D eigenvalue weighted by Gasteiger charge is -2.41. The Morgan fingerprint density at radius 1 is 1.24 bits per heavy atom. The van der Waals surface area contributed by atoms with Gasteiger partial charge in [0.05, 0.1) is 11.6 Å². The third kappa shape index (κ3) is 3.56. The molecule has 3 heteroatoms. The van der Waals surface area contributed by atoms with Crippen LogP contribution in [0.15, 0.2) is 12.1 Å². The zero-order valence-corrected chi connectivity index (χ0v) is 13.5. The van der Waals surface area contributed by atoms with Crippen molar-refractivity contribution in [2.45, 2.75) is 59.4 Å².